The average molecular weight is 755 g/mol. The van der Waals surface area contributed by atoms with Crippen LogP contribution < -0.4 is 14.9 Å². The average Bonchev–Trinajstić information content (AvgIpc) is 3.14. The highest BCUT2D eigenvalue weighted by Crippen LogP contribution is 2.36. The van der Waals surface area contributed by atoms with E-state index in [2.05, 4.69) is 0 Å². The molecule has 19 nitrogen and oxygen atoms in total. The van der Waals surface area contributed by atoms with E-state index >= 15 is 0 Å². The molecule has 292 valence electrons. The van der Waals surface area contributed by atoms with Crippen molar-refractivity contribution < 1.29 is 88.6 Å². The van der Waals surface area contributed by atoms with Gasteiger partial charge in [0.05, 0.1) is 26.4 Å². The Morgan fingerprint density at radius 2 is 1.25 bits per heavy atom. The Morgan fingerprint density at radius 3 is 1.85 bits per heavy atom. The highest BCUT2D eigenvalue weighted by atomic mass is 16.8. The minimum absolute atomic E-state index is 0.120. The number of phenolic OH excluding ortho intramolecular Hbond substituents is 1. The van der Waals surface area contributed by atoms with E-state index in [1.165, 1.54) is 26.2 Å². The number of aliphatic hydroxyl groups excluding tert-OH is 9. The number of fused-ring (bicyclic) bond motifs is 1. The monoisotopic (exact) mass is 754 g/mol. The summed E-state index contributed by atoms with van der Waals surface area (Å²) < 4.78 is 45.6. The van der Waals surface area contributed by atoms with Crippen LogP contribution in [0.2, 0.25) is 0 Å². The highest BCUT2D eigenvalue weighted by molar-refractivity contribution is 5.86. The number of methoxy groups -OCH3 is 1. The summed E-state index contributed by atoms with van der Waals surface area (Å²) in [7, 11) is 1.49. The third kappa shape index (κ3) is 7.72. The van der Waals surface area contributed by atoms with Crippen molar-refractivity contribution in [1.82, 2.24) is 0 Å². The number of hydrogen-bond acceptors (Lipinski definition) is 19. The van der Waals surface area contributed by atoms with Crippen LogP contribution in [-0.2, 0) is 23.7 Å². The van der Waals surface area contributed by atoms with Gasteiger partial charge in [0, 0.05) is 23.8 Å². The number of aromatic hydroxyl groups is 1. The Balaban J connectivity index is 1.32. The lowest BCUT2D eigenvalue weighted by Crippen LogP contribution is -2.67. The minimum atomic E-state index is -1.92. The molecule has 0 bridgehead atoms. The molecule has 0 unspecified atom stereocenters. The summed E-state index contributed by atoms with van der Waals surface area (Å²) in [5.74, 6) is -0.0612. The largest absolute Gasteiger partial charge is 0.507 e. The fourth-order valence-corrected chi connectivity index (χ4v) is 6.39. The highest BCUT2D eigenvalue weighted by Gasteiger charge is 2.54. The standard InChI is InChI=1S/C34H42O19/c1-12-23(39)26(42)29(45)32(47-12)52-31-28(44)25(41)21(11-36)51-34(31)53-30-27(43)24(40)20(10-35)50-33(30)48-15-7-16(37)22-17(38)9-18(49-19(22)8-15)13-3-5-14(46-2)6-4-13/h3-9,12,20-21,23-37,39-45H,10-11H2,1-2H3/t12-,20-,21+,23+,24-,25-,26-,27+,28+,29+,30-,31-,32+,33-,34+/m1/s1. The van der Waals surface area contributed by atoms with Gasteiger partial charge in [0.2, 0.25) is 6.29 Å². The van der Waals surface area contributed by atoms with E-state index < -0.39 is 117 Å². The van der Waals surface area contributed by atoms with Gasteiger partial charge in [0.15, 0.2) is 24.1 Å². The van der Waals surface area contributed by atoms with Crippen LogP contribution in [0.4, 0.5) is 0 Å². The van der Waals surface area contributed by atoms with Crippen LogP contribution in [0, 0.1) is 0 Å². The molecule has 3 aliphatic heterocycles. The second-order valence-electron chi connectivity index (χ2n) is 12.9. The van der Waals surface area contributed by atoms with Crippen molar-refractivity contribution in [2.75, 3.05) is 20.3 Å². The first kappa shape index (κ1) is 39.2. The number of benzene rings is 2. The van der Waals surface area contributed by atoms with E-state index in [0.29, 0.717) is 11.3 Å². The summed E-state index contributed by atoms with van der Waals surface area (Å²) in [6.07, 6.45) is -25.5. The molecule has 10 N–H and O–H groups in total. The number of ether oxygens (including phenoxy) is 7. The van der Waals surface area contributed by atoms with Gasteiger partial charge in [0.25, 0.3) is 0 Å². The van der Waals surface area contributed by atoms with Crippen molar-refractivity contribution in [1.29, 1.82) is 0 Å². The lowest BCUT2D eigenvalue weighted by atomic mass is 9.96. The van der Waals surface area contributed by atoms with Crippen LogP contribution >= 0.6 is 0 Å². The van der Waals surface area contributed by atoms with Crippen LogP contribution in [0.3, 0.4) is 0 Å². The summed E-state index contributed by atoms with van der Waals surface area (Å²) in [5, 5.41) is 105. The van der Waals surface area contributed by atoms with Gasteiger partial charge in [-0.05, 0) is 31.2 Å². The zero-order chi connectivity index (χ0) is 38.3. The zero-order valence-corrected chi connectivity index (χ0v) is 28.3. The van der Waals surface area contributed by atoms with Crippen LogP contribution in [0.1, 0.15) is 6.92 Å². The van der Waals surface area contributed by atoms with E-state index in [4.69, 9.17) is 37.6 Å². The predicted molar refractivity (Wildman–Crippen MR) is 174 cm³/mol. The van der Waals surface area contributed by atoms with Gasteiger partial charge in [-0.3, -0.25) is 4.79 Å². The van der Waals surface area contributed by atoms with E-state index in [9.17, 15) is 55.9 Å². The fourth-order valence-electron chi connectivity index (χ4n) is 6.39. The van der Waals surface area contributed by atoms with Crippen molar-refractivity contribution in [3.8, 4) is 28.6 Å². The molecule has 15 atom stereocenters. The van der Waals surface area contributed by atoms with Crippen molar-refractivity contribution in [2.45, 2.75) is 99.0 Å². The maximum atomic E-state index is 13.0. The summed E-state index contributed by atoms with van der Waals surface area (Å²) in [6.45, 7) is -0.269. The summed E-state index contributed by atoms with van der Waals surface area (Å²) in [4.78, 5) is 13.0. The van der Waals surface area contributed by atoms with Gasteiger partial charge < -0.3 is 88.6 Å². The van der Waals surface area contributed by atoms with Gasteiger partial charge in [-0.15, -0.1) is 0 Å². The summed E-state index contributed by atoms with van der Waals surface area (Å²) in [5.41, 5.74) is -0.199. The molecule has 0 saturated carbocycles. The van der Waals surface area contributed by atoms with Gasteiger partial charge in [-0.2, -0.15) is 0 Å². The molecule has 4 heterocycles. The maximum absolute atomic E-state index is 13.0. The molecule has 53 heavy (non-hydrogen) atoms. The zero-order valence-electron chi connectivity index (χ0n) is 28.3. The van der Waals surface area contributed by atoms with Crippen molar-refractivity contribution in [3.05, 3.63) is 52.7 Å². The topological polar surface area (TPSA) is 297 Å². The van der Waals surface area contributed by atoms with Crippen LogP contribution in [-0.4, -0.2) is 164 Å². The number of rotatable bonds is 10. The maximum Gasteiger partial charge on any atom is 0.229 e. The molecule has 0 aliphatic carbocycles. The normalized spacial score (nSPS) is 37.8. The molecule has 19 heteroatoms. The van der Waals surface area contributed by atoms with Gasteiger partial charge >= 0.3 is 0 Å². The SMILES string of the molecule is COc1ccc(-c2cc(=O)c3c(O)cc(O[C@@H]4O[C@H](CO)[C@@H](O)[C@H](O)[C@H]4O[C@@H]4O[C@@H](CO)[C@@H](O)[C@H](O)[C@H]4O[C@@H]4O[C@H](C)[C@H](O)[C@@H](O)[C@@H]4O)cc3o2)cc1. The first-order valence-electron chi connectivity index (χ1n) is 16.6. The Bertz CT molecular complexity index is 1750. The number of phenols is 1. The lowest BCUT2D eigenvalue weighted by Gasteiger charge is -2.48. The molecule has 3 aromatic rings. The third-order valence-electron chi connectivity index (χ3n) is 9.45. The van der Waals surface area contributed by atoms with Crippen molar-refractivity contribution in [2.24, 2.45) is 0 Å². The first-order chi connectivity index (χ1) is 25.3. The molecule has 3 saturated heterocycles. The molecular weight excluding hydrogens is 712 g/mol. The second-order valence-corrected chi connectivity index (χ2v) is 12.9. The van der Waals surface area contributed by atoms with E-state index in [-0.39, 0.29) is 22.5 Å². The molecule has 1 aromatic heterocycles. The Hall–Kier alpha value is -3.51. The van der Waals surface area contributed by atoms with Crippen molar-refractivity contribution >= 4 is 11.0 Å². The molecule has 0 spiro atoms. The molecule has 0 radical (unpaired) electrons. The van der Waals surface area contributed by atoms with Crippen molar-refractivity contribution in [3.63, 3.8) is 0 Å². The Kier molecular flexibility index (Phi) is 11.9. The molecule has 0 amide bonds. The first-order valence-corrected chi connectivity index (χ1v) is 16.6. The third-order valence-corrected chi connectivity index (χ3v) is 9.45. The van der Waals surface area contributed by atoms with Crippen LogP contribution in [0.5, 0.6) is 17.2 Å². The number of aliphatic hydroxyl groups is 9. The van der Waals surface area contributed by atoms with Crippen LogP contribution in [0.15, 0.2) is 51.7 Å². The quantitative estimate of drug-likeness (QED) is 0.0988. The summed E-state index contributed by atoms with van der Waals surface area (Å²) in [6, 6.07) is 10.1. The predicted octanol–water partition coefficient (Wildman–Crippen LogP) is -2.97. The molecule has 3 aliphatic rings. The fraction of sp³-hybridized carbons (Fsp3) is 0.559. The van der Waals surface area contributed by atoms with Gasteiger partial charge in [0.1, 0.15) is 95.0 Å². The van der Waals surface area contributed by atoms with E-state index in [0.717, 1.165) is 6.07 Å². The molecule has 6 rings (SSSR count). The van der Waals surface area contributed by atoms with Crippen LogP contribution in [0.25, 0.3) is 22.3 Å². The lowest BCUT2D eigenvalue weighted by molar-refractivity contribution is -0.387. The van der Waals surface area contributed by atoms with Gasteiger partial charge in [-0.25, -0.2) is 0 Å². The van der Waals surface area contributed by atoms with E-state index in [1.807, 2.05) is 0 Å². The summed E-state index contributed by atoms with van der Waals surface area (Å²) >= 11 is 0. The molecule has 2 aromatic carbocycles. The Morgan fingerprint density at radius 1 is 0.660 bits per heavy atom. The number of hydrogen-bond donors (Lipinski definition) is 10. The molecule has 3 fully saturated rings. The molecular formula is C34H42O19. The van der Waals surface area contributed by atoms with E-state index in [1.54, 1.807) is 24.3 Å². The van der Waals surface area contributed by atoms with Gasteiger partial charge in [-0.1, -0.05) is 0 Å². The Labute approximate surface area is 300 Å². The minimum Gasteiger partial charge on any atom is -0.507 e. The smallest absolute Gasteiger partial charge is 0.229 e. The second kappa shape index (κ2) is 16.1.